The molecule has 1 aliphatic rings. The zero-order valence-electron chi connectivity index (χ0n) is 18.7. The zero-order chi connectivity index (χ0) is 26.1. The smallest absolute Gasteiger partial charge is 0.422 e. The van der Waals surface area contributed by atoms with Crippen LogP contribution in [0.25, 0.3) is 11.5 Å². The molecule has 0 radical (unpaired) electrons. The van der Waals surface area contributed by atoms with Crippen LogP contribution < -0.4 is 10.1 Å². The molecule has 0 spiro atoms. The van der Waals surface area contributed by atoms with E-state index in [0.717, 1.165) is 37.4 Å². The normalized spacial score (nSPS) is 14.9. The standard InChI is InChI=1S/C23H19F6N5O2/c1-12(34-21(35)15-6-14(13-2-3-13)7-16(8-15)23(27,28)29)18-19(31-5-4-30-18)20-32-9-17(10-33-20)36-11-22(24,25)26/h4-10,12-13H,2-3,11H2,1H3,(H,34,35). The fourth-order valence-corrected chi connectivity index (χ4v) is 3.46. The summed E-state index contributed by atoms with van der Waals surface area (Å²) in [5.74, 6) is -0.931. The molecule has 36 heavy (non-hydrogen) atoms. The van der Waals surface area contributed by atoms with Crippen LogP contribution in [0.5, 0.6) is 5.75 Å². The molecule has 2 heterocycles. The van der Waals surface area contributed by atoms with E-state index in [9.17, 15) is 31.1 Å². The van der Waals surface area contributed by atoms with Crippen molar-refractivity contribution in [3.05, 3.63) is 65.4 Å². The molecule has 1 fully saturated rings. The van der Waals surface area contributed by atoms with Crippen molar-refractivity contribution in [2.75, 3.05) is 6.61 Å². The Labute approximate surface area is 201 Å². The first kappa shape index (κ1) is 25.3. The van der Waals surface area contributed by atoms with Crippen LogP contribution in [-0.4, -0.2) is 38.6 Å². The molecule has 3 aromatic rings. The van der Waals surface area contributed by atoms with E-state index in [0.29, 0.717) is 5.56 Å². The molecule has 190 valence electrons. The zero-order valence-corrected chi connectivity index (χ0v) is 18.7. The molecular weight excluding hydrogens is 492 g/mol. The van der Waals surface area contributed by atoms with Crippen molar-refractivity contribution >= 4 is 5.91 Å². The molecule has 1 aromatic carbocycles. The van der Waals surface area contributed by atoms with E-state index in [1.807, 2.05) is 0 Å². The highest BCUT2D eigenvalue weighted by atomic mass is 19.4. The Morgan fingerprint density at radius 2 is 1.69 bits per heavy atom. The van der Waals surface area contributed by atoms with Gasteiger partial charge in [0.2, 0.25) is 0 Å². The maximum absolute atomic E-state index is 13.4. The van der Waals surface area contributed by atoms with Crippen LogP contribution in [0, 0.1) is 0 Å². The molecule has 4 rings (SSSR count). The lowest BCUT2D eigenvalue weighted by atomic mass is 10.0. The van der Waals surface area contributed by atoms with Crippen molar-refractivity contribution in [2.45, 2.75) is 44.1 Å². The molecule has 0 bridgehead atoms. The Balaban J connectivity index is 1.54. The monoisotopic (exact) mass is 511 g/mol. The number of nitrogens with one attached hydrogen (secondary N) is 1. The number of rotatable bonds is 7. The van der Waals surface area contributed by atoms with Gasteiger partial charge in [-0.05, 0) is 49.4 Å². The van der Waals surface area contributed by atoms with Gasteiger partial charge in [0.1, 0.15) is 5.69 Å². The number of carbonyl (C=O) groups is 1. The van der Waals surface area contributed by atoms with Gasteiger partial charge in [-0.1, -0.05) is 0 Å². The van der Waals surface area contributed by atoms with Gasteiger partial charge < -0.3 is 10.1 Å². The first-order valence-corrected chi connectivity index (χ1v) is 10.8. The second-order valence-electron chi connectivity index (χ2n) is 8.25. The van der Waals surface area contributed by atoms with Gasteiger partial charge in [-0.2, -0.15) is 26.3 Å². The minimum absolute atomic E-state index is 0.00287. The van der Waals surface area contributed by atoms with Crippen LogP contribution in [0.1, 0.15) is 58.9 Å². The Morgan fingerprint density at radius 3 is 2.31 bits per heavy atom. The highest BCUT2D eigenvalue weighted by Crippen LogP contribution is 2.42. The van der Waals surface area contributed by atoms with E-state index in [4.69, 9.17) is 0 Å². The summed E-state index contributed by atoms with van der Waals surface area (Å²) < 4.78 is 81.7. The molecule has 0 saturated heterocycles. The SMILES string of the molecule is CC(NC(=O)c1cc(C2CC2)cc(C(F)(F)F)c1)c1nccnc1-c1ncc(OCC(F)(F)F)cn1. The molecule has 1 saturated carbocycles. The minimum atomic E-state index is -4.60. The number of amides is 1. The summed E-state index contributed by atoms with van der Waals surface area (Å²) in [6.07, 6.45) is -2.84. The minimum Gasteiger partial charge on any atom is -0.481 e. The Hall–Kier alpha value is -3.77. The summed E-state index contributed by atoms with van der Waals surface area (Å²) in [7, 11) is 0. The third kappa shape index (κ3) is 6.26. The average molecular weight is 511 g/mol. The number of aromatic nitrogens is 4. The summed E-state index contributed by atoms with van der Waals surface area (Å²) in [4.78, 5) is 29.1. The molecule has 1 N–H and O–H groups in total. The van der Waals surface area contributed by atoms with E-state index < -0.39 is 36.5 Å². The van der Waals surface area contributed by atoms with Crippen LogP contribution in [0.3, 0.4) is 0 Å². The fraction of sp³-hybridized carbons (Fsp3) is 0.348. The third-order valence-electron chi connectivity index (χ3n) is 5.32. The predicted molar refractivity (Wildman–Crippen MR) is 114 cm³/mol. The predicted octanol–water partition coefficient (Wildman–Crippen LogP) is 5.26. The lowest BCUT2D eigenvalue weighted by molar-refractivity contribution is -0.153. The largest absolute Gasteiger partial charge is 0.481 e. The van der Waals surface area contributed by atoms with E-state index in [1.54, 1.807) is 6.92 Å². The number of nitrogens with zero attached hydrogens (tertiary/aromatic N) is 4. The number of hydrogen-bond acceptors (Lipinski definition) is 6. The maximum atomic E-state index is 13.4. The Bertz CT molecular complexity index is 1240. The number of hydrogen-bond donors (Lipinski definition) is 1. The summed E-state index contributed by atoms with van der Waals surface area (Å²) >= 11 is 0. The summed E-state index contributed by atoms with van der Waals surface area (Å²) in [5, 5.41) is 2.62. The molecular formula is C23H19F6N5O2. The van der Waals surface area contributed by atoms with E-state index in [1.165, 1.54) is 18.5 Å². The first-order valence-electron chi connectivity index (χ1n) is 10.8. The molecule has 13 heteroatoms. The van der Waals surface area contributed by atoms with E-state index in [-0.39, 0.29) is 34.4 Å². The molecule has 1 unspecified atom stereocenters. The highest BCUT2D eigenvalue weighted by molar-refractivity contribution is 5.95. The van der Waals surface area contributed by atoms with Crippen molar-refractivity contribution in [1.82, 2.24) is 25.3 Å². The van der Waals surface area contributed by atoms with Crippen molar-refractivity contribution in [3.8, 4) is 17.3 Å². The number of ether oxygens (including phenoxy) is 1. The van der Waals surface area contributed by atoms with Gasteiger partial charge in [0.05, 0.1) is 29.7 Å². The second-order valence-corrected chi connectivity index (χ2v) is 8.25. The van der Waals surface area contributed by atoms with Gasteiger partial charge in [-0.15, -0.1) is 0 Å². The topological polar surface area (TPSA) is 89.9 Å². The number of benzene rings is 1. The number of halogens is 6. The van der Waals surface area contributed by atoms with Crippen molar-refractivity contribution in [3.63, 3.8) is 0 Å². The molecule has 1 atom stereocenters. The second kappa shape index (κ2) is 9.70. The summed E-state index contributed by atoms with van der Waals surface area (Å²) in [6.45, 7) is 0.0504. The van der Waals surface area contributed by atoms with Gasteiger partial charge >= 0.3 is 12.4 Å². The van der Waals surface area contributed by atoms with Crippen LogP contribution in [0.15, 0.2) is 43.0 Å². The first-order chi connectivity index (χ1) is 16.9. The van der Waals surface area contributed by atoms with Gasteiger partial charge in [-0.25, -0.2) is 15.0 Å². The van der Waals surface area contributed by atoms with Crippen LogP contribution in [0.4, 0.5) is 26.3 Å². The van der Waals surface area contributed by atoms with Gasteiger partial charge in [0, 0.05) is 18.0 Å². The van der Waals surface area contributed by atoms with Crippen molar-refractivity contribution < 1.29 is 35.9 Å². The molecule has 2 aromatic heterocycles. The van der Waals surface area contributed by atoms with Crippen LogP contribution >= 0.6 is 0 Å². The van der Waals surface area contributed by atoms with Crippen LogP contribution in [0.2, 0.25) is 0 Å². The lowest BCUT2D eigenvalue weighted by Crippen LogP contribution is -2.28. The van der Waals surface area contributed by atoms with Crippen molar-refractivity contribution in [1.29, 1.82) is 0 Å². The summed E-state index contributed by atoms with van der Waals surface area (Å²) in [5.41, 5.74) is -0.221. The Kier molecular flexibility index (Phi) is 6.83. The number of alkyl halides is 6. The maximum Gasteiger partial charge on any atom is 0.422 e. The van der Waals surface area contributed by atoms with Gasteiger partial charge in [0.25, 0.3) is 5.91 Å². The van der Waals surface area contributed by atoms with Gasteiger partial charge in [0.15, 0.2) is 18.2 Å². The third-order valence-corrected chi connectivity index (χ3v) is 5.32. The van der Waals surface area contributed by atoms with E-state index in [2.05, 4.69) is 30.0 Å². The highest BCUT2D eigenvalue weighted by Gasteiger charge is 2.34. The average Bonchev–Trinajstić information content (AvgIpc) is 3.67. The van der Waals surface area contributed by atoms with Crippen LogP contribution in [-0.2, 0) is 6.18 Å². The molecule has 0 aliphatic heterocycles. The molecule has 1 aliphatic carbocycles. The van der Waals surface area contributed by atoms with E-state index >= 15 is 0 Å². The lowest BCUT2D eigenvalue weighted by Gasteiger charge is -2.17. The van der Waals surface area contributed by atoms with Crippen molar-refractivity contribution in [2.24, 2.45) is 0 Å². The summed E-state index contributed by atoms with van der Waals surface area (Å²) in [6, 6.07) is 2.51. The molecule has 7 nitrogen and oxygen atoms in total. The van der Waals surface area contributed by atoms with Gasteiger partial charge in [-0.3, -0.25) is 9.78 Å². The Morgan fingerprint density at radius 1 is 1.03 bits per heavy atom. The quantitative estimate of drug-likeness (QED) is 0.435. The fourth-order valence-electron chi connectivity index (χ4n) is 3.46. The number of carbonyl (C=O) groups excluding carboxylic acids is 1. The molecule has 1 amide bonds.